The van der Waals surface area contributed by atoms with Crippen LogP contribution >= 0.6 is 7.82 Å². The molecule has 0 aliphatic rings. The predicted octanol–water partition coefficient (Wildman–Crippen LogP) is 4.67. The molecule has 0 aromatic heterocycles. The molecule has 3 N–H and O–H groups in total. The van der Waals surface area contributed by atoms with Gasteiger partial charge < -0.3 is 14.5 Å². The summed E-state index contributed by atoms with van der Waals surface area (Å²) in [4.78, 5) is 21.2. The average Bonchev–Trinajstić information content (AvgIpc) is 2.57. The summed E-state index contributed by atoms with van der Waals surface area (Å²) in [5.41, 5.74) is 0. The monoisotopic (exact) mass is 384 g/mol. The molecule has 0 saturated heterocycles. The van der Waals surface area contributed by atoms with E-state index in [4.69, 9.17) is 19.8 Å². The molecular weight excluding hydrogens is 347 g/mol. The van der Waals surface area contributed by atoms with Crippen molar-refractivity contribution in [3.63, 3.8) is 0 Å². The fourth-order valence-corrected chi connectivity index (χ4v) is 2.91. The zero-order valence-corrected chi connectivity index (χ0v) is 16.5. The van der Waals surface area contributed by atoms with E-state index in [0.717, 1.165) is 12.8 Å². The van der Waals surface area contributed by atoms with Crippen LogP contribution in [0.25, 0.3) is 0 Å². The van der Waals surface area contributed by atoms with Crippen molar-refractivity contribution >= 4 is 7.82 Å². The molecule has 0 saturated carbocycles. The Morgan fingerprint density at radius 1 is 0.800 bits per heavy atom. The van der Waals surface area contributed by atoms with E-state index in [1.807, 2.05) is 0 Å². The number of phosphoric ester groups is 1. The third kappa shape index (κ3) is 20.2. The quantitative estimate of drug-likeness (QED) is 0.129. The molecule has 1 unspecified atom stereocenters. The van der Waals surface area contributed by atoms with Gasteiger partial charge in [-0.15, -0.1) is 0 Å². The van der Waals surface area contributed by atoms with Crippen molar-refractivity contribution in [1.82, 2.24) is 0 Å². The predicted molar refractivity (Wildman–Crippen MR) is 97.4 cm³/mol. The van der Waals surface area contributed by atoms with Crippen LogP contribution in [-0.4, -0.2) is 41.0 Å². The zero-order chi connectivity index (χ0) is 18.8. The first kappa shape index (κ1) is 25.0. The second-order valence-electron chi connectivity index (χ2n) is 6.48. The van der Waals surface area contributed by atoms with Crippen LogP contribution in [0.2, 0.25) is 0 Å². The topological polar surface area (TPSA) is 105 Å². The first-order chi connectivity index (χ1) is 12.0. The molecule has 0 fully saturated rings. The molecule has 0 aromatic rings. The molecule has 25 heavy (non-hydrogen) atoms. The van der Waals surface area contributed by atoms with Gasteiger partial charge in [-0.05, 0) is 6.42 Å². The van der Waals surface area contributed by atoms with E-state index in [2.05, 4.69) is 16.3 Å². The minimum Gasteiger partial charge on any atom is -0.379 e. The van der Waals surface area contributed by atoms with Crippen LogP contribution in [0.5, 0.6) is 0 Å². The number of rotatable bonds is 19. The number of ether oxygens (including phenoxy) is 1. The SMILES string of the molecule is CCCCCCCCCCCCCCOCC(COP(=O)(O)O)OO. The molecule has 1 atom stereocenters. The lowest BCUT2D eigenvalue weighted by Gasteiger charge is -2.14. The average molecular weight is 384 g/mol. The van der Waals surface area contributed by atoms with E-state index in [9.17, 15) is 4.57 Å². The number of hydrogen-bond donors (Lipinski definition) is 3. The maximum absolute atomic E-state index is 10.5. The van der Waals surface area contributed by atoms with Crippen LogP contribution in [-0.2, 0) is 18.7 Å². The molecule has 0 aliphatic carbocycles. The highest BCUT2D eigenvalue weighted by Gasteiger charge is 2.19. The van der Waals surface area contributed by atoms with Crippen molar-refractivity contribution in [3.8, 4) is 0 Å². The Bertz CT molecular complexity index is 322. The molecule has 0 aromatic carbocycles. The fraction of sp³-hybridized carbons (Fsp3) is 1.00. The van der Waals surface area contributed by atoms with Gasteiger partial charge in [0.25, 0.3) is 0 Å². The van der Waals surface area contributed by atoms with Gasteiger partial charge in [-0.1, -0.05) is 77.6 Å². The van der Waals surface area contributed by atoms with E-state index < -0.39 is 20.5 Å². The number of unbranched alkanes of at least 4 members (excludes halogenated alkanes) is 11. The molecule has 0 spiro atoms. The third-order valence-corrected chi connectivity index (χ3v) is 4.51. The normalized spacial score (nSPS) is 13.3. The van der Waals surface area contributed by atoms with Crippen LogP contribution in [0, 0.1) is 0 Å². The van der Waals surface area contributed by atoms with Gasteiger partial charge in [-0.25, -0.2) is 9.45 Å². The molecule has 8 heteroatoms. The van der Waals surface area contributed by atoms with Gasteiger partial charge in [0.1, 0.15) is 6.10 Å². The second kappa shape index (κ2) is 17.4. The van der Waals surface area contributed by atoms with E-state index >= 15 is 0 Å². The van der Waals surface area contributed by atoms with Crippen molar-refractivity contribution in [2.24, 2.45) is 0 Å². The molecular formula is C17H37O7P. The summed E-state index contributed by atoms with van der Waals surface area (Å²) < 4.78 is 20.1. The Morgan fingerprint density at radius 2 is 1.28 bits per heavy atom. The summed E-state index contributed by atoms with van der Waals surface area (Å²) in [6.45, 7) is 2.39. The molecule has 0 heterocycles. The first-order valence-corrected chi connectivity index (χ1v) is 11.1. The molecule has 152 valence electrons. The van der Waals surface area contributed by atoms with Crippen LogP contribution in [0.1, 0.15) is 84.0 Å². The van der Waals surface area contributed by atoms with Crippen LogP contribution in [0.4, 0.5) is 0 Å². The standard InChI is InChI=1S/C17H37O7P/c1-2-3-4-5-6-7-8-9-10-11-12-13-14-22-15-17(24-18)16-23-25(19,20)21/h17-18H,2-16H2,1H3,(H2,19,20,21). The third-order valence-electron chi connectivity index (χ3n) is 4.02. The molecule has 0 aliphatic heterocycles. The van der Waals surface area contributed by atoms with E-state index in [1.54, 1.807) is 0 Å². The van der Waals surface area contributed by atoms with Gasteiger partial charge in [0.2, 0.25) is 0 Å². The minimum absolute atomic E-state index is 0.0362. The number of hydrogen-bond acceptors (Lipinski definition) is 5. The summed E-state index contributed by atoms with van der Waals surface area (Å²) in [5.74, 6) is 0. The molecule has 0 radical (unpaired) electrons. The van der Waals surface area contributed by atoms with Gasteiger partial charge >= 0.3 is 7.82 Å². The van der Waals surface area contributed by atoms with Crippen molar-refractivity contribution in [2.75, 3.05) is 19.8 Å². The van der Waals surface area contributed by atoms with Crippen molar-refractivity contribution in [2.45, 2.75) is 90.1 Å². The van der Waals surface area contributed by atoms with Crippen LogP contribution in [0.15, 0.2) is 0 Å². The maximum Gasteiger partial charge on any atom is 0.469 e. The molecule has 0 bridgehead atoms. The zero-order valence-electron chi connectivity index (χ0n) is 15.6. The largest absolute Gasteiger partial charge is 0.469 e. The van der Waals surface area contributed by atoms with E-state index in [1.165, 1.54) is 64.2 Å². The van der Waals surface area contributed by atoms with Gasteiger partial charge in [-0.3, -0.25) is 9.78 Å². The lowest BCUT2D eigenvalue weighted by atomic mass is 10.1. The van der Waals surface area contributed by atoms with Gasteiger partial charge in [0.05, 0.1) is 13.2 Å². The lowest BCUT2D eigenvalue weighted by Crippen LogP contribution is -2.24. The Morgan fingerprint density at radius 3 is 1.72 bits per heavy atom. The lowest BCUT2D eigenvalue weighted by molar-refractivity contribution is -0.292. The van der Waals surface area contributed by atoms with E-state index in [0.29, 0.717) is 6.61 Å². The summed E-state index contributed by atoms with van der Waals surface area (Å²) in [7, 11) is -4.55. The second-order valence-corrected chi connectivity index (χ2v) is 7.72. The highest BCUT2D eigenvalue weighted by Crippen LogP contribution is 2.35. The summed E-state index contributed by atoms with van der Waals surface area (Å²) in [5, 5.41) is 8.61. The Labute approximate surface area is 152 Å². The van der Waals surface area contributed by atoms with Crippen LogP contribution in [0.3, 0.4) is 0 Å². The maximum atomic E-state index is 10.5. The highest BCUT2D eigenvalue weighted by atomic mass is 31.2. The summed E-state index contributed by atoms with van der Waals surface area (Å²) >= 11 is 0. The Hall–Kier alpha value is -0.0100. The van der Waals surface area contributed by atoms with Crippen molar-refractivity contribution in [3.05, 3.63) is 0 Å². The summed E-state index contributed by atoms with van der Waals surface area (Å²) in [6.07, 6.45) is 14.4. The highest BCUT2D eigenvalue weighted by molar-refractivity contribution is 7.46. The number of phosphoric acid groups is 1. The van der Waals surface area contributed by atoms with Crippen molar-refractivity contribution < 1.29 is 33.8 Å². The van der Waals surface area contributed by atoms with Gasteiger partial charge in [-0.2, -0.15) is 0 Å². The summed E-state index contributed by atoms with van der Waals surface area (Å²) in [6, 6.07) is 0. The first-order valence-electron chi connectivity index (χ1n) is 9.57. The Kier molecular flexibility index (Phi) is 17.4. The van der Waals surface area contributed by atoms with Crippen LogP contribution < -0.4 is 0 Å². The van der Waals surface area contributed by atoms with Crippen molar-refractivity contribution in [1.29, 1.82) is 0 Å². The Balaban J connectivity index is 3.28. The molecule has 0 rings (SSSR count). The molecule has 7 nitrogen and oxygen atoms in total. The minimum atomic E-state index is -4.55. The van der Waals surface area contributed by atoms with Gasteiger partial charge in [0.15, 0.2) is 0 Å². The smallest absolute Gasteiger partial charge is 0.379 e. The van der Waals surface area contributed by atoms with Gasteiger partial charge in [0, 0.05) is 6.61 Å². The van der Waals surface area contributed by atoms with E-state index in [-0.39, 0.29) is 6.61 Å². The molecule has 0 amide bonds. The fourth-order valence-electron chi connectivity index (χ4n) is 2.55.